The van der Waals surface area contributed by atoms with Crippen LogP contribution < -0.4 is 24.2 Å². The lowest BCUT2D eigenvalue weighted by molar-refractivity contribution is -0.0115. The third-order valence-electron chi connectivity index (χ3n) is 8.68. The standard InChI is InChI=1S/C34H46N6O9S/c1-22-16-40(23(2)19-41)33(42)27-14-26(37-50(44,45)32-18-38(4)20-35-32)10-11-28(27)49-24(3)8-6-7-13-46-31(22)17-39(5)34(43)36-25-9-12-29-30(15-25)48-21-47-29/h9-12,14-15,18,20,22-24,31,37,41H,6-8,13,16-17,19,21H2,1-5H3,(H,36,43)/t22-,23-,24+,31+/m0/s1. The van der Waals surface area contributed by atoms with E-state index in [1.54, 1.807) is 51.4 Å². The molecule has 3 heterocycles. The Labute approximate surface area is 292 Å². The lowest BCUT2D eigenvalue weighted by atomic mass is 10.0. The molecule has 15 nitrogen and oxygen atoms in total. The van der Waals surface area contributed by atoms with Crippen LogP contribution in [0.25, 0.3) is 0 Å². The maximum atomic E-state index is 14.4. The van der Waals surface area contributed by atoms with Gasteiger partial charge in [-0.15, -0.1) is 0 Å². The lowest BCUT2D eigenvalue weighted by Gasteiger charge is -2.35. The highest BCUT2D eigenvalue weighted by Gasteiger charge is 2.31. The number of aliphatic hydroxyl groups excluding tert-OH is 1. The molecule has 0 spiro atoms. The van der Waals surface area contributed by atoms with E-state index >= 15 is 0 Å². The summed E-state index contributed by atoms with van der Waals surface area (Å²) in [5.41, 5.74) is 0.845. The van der Waals surface area contributed by atoms with Crippen LogP contribution in [0.15, 0.2) is 53.9 Å². The molecular weight excluding hydrogens is 668 g/mol. The molecule has 16 heteroatoms. The van der Waals surface area contributed by atoms with E-state index in [0.717, 1.165) is 12.8 Å². The van der Waals surface area contributed by atoms with Crippen LogP contribution in [0.5, 0.6) is 17.2 Å². The van der Waals surface area contributed by atoms with E-state index in [1.807, 2.05) is 13.8 Å². The van der Waals surface area contributed by atoms with Crippen LogP contribution in [0.1, 0.15) is 50.4 Å². The first-order chi connectivity index (χ1) is 23.8. The molecule has 3 aromatic rings. The molecule has 2 aromatic carbocycles. The second-order valence-corrected chi connectivity index (χ2v) is 14.5. The van der Waals surface area contributed by atoms with Gasteiger partial charge in [0.15, 0.2) is 16.5 Å². The Morgan fingerprint density at radius 3 is 2.58 bits per heavy atom. The number of aromatic nitrogens is 2. The zero-order valence-electron chi connectivity index (χ0n) is 29.0. The van der Waals surface area contributed by atoms with Gasteiger partial charge in [0.05, 0.1) is 36.7 Å². The number of hydrogen-bond donors (Lipinski definition) is 3. The number of hydrogen-bond acceptors (Lipinski definition) is 10. The van der Waals surface area contributed by atoms with Gasteiger partial charge in [0.2, 0.25) is 6.79 Å². The molecule has 272 valence electrons. The number of aliphatic hydroxyl groups is 1. The molecule has 50 heavy (non-hydrogen) atoms. The van der Waals surface area contributed by atoms with E-state index in [1.165, 1.54) is 33.0 Å². The first kappa shape index (κ1) is 36.7. The summed E-state index contributed by atoms with van der Waals surface area (Å²) < 4.78 is 53.6. The molecule has 3 amide bonds. The number of imidazole rings is 1. The molecule has 2 aliphatic heterocycles. The summed E-state index contributed by atoms with van der Waals surface area (Å²) >= 11 is 0. The second-order valence-electron chi connectivity index (χ2n) is 12.9. The van der Waals surface area contributed by atoms with Gasteiger partial charge in [0.25, 0.3) is 15.9 Å². The molecule has 0 unspecified atom stereocenters. The van der Waals surface area contributed by atoms with Gasteiger partial charge in [-0.25, -0.2) is 9.78 Å². The highest BCUT2D eigenvalue weighted by atomic mass is 32.2. The van der Waals surface area contributed by atoms with Crippen LogP contribution in [-0.4, -0.2) is 103 Å². The number of amides is 3. The number of benzene rings is 2. The number of nitrogens with zero attached hydrogens (tertiary/aromatic N) is 4. The number of sulfonamides is 1. The zero-order valence-corrected chi connectivity index (χ0v) is 29.8. The average molecular weight is 715 g/mol. The van der Waals surface area contributed by atoms with Gasteiger partial charge < -0.3 is 43.7 Å². The monoisotopic (exact) mass is 714 g/mol. The van der Waals surface area contributed by atoms with Gasteiger partial charge in [0.1, 0.15) is 5.75 Å². The van der Waals surface area contributed by atoms with E-state index < -0.39 is 28.1 Å². The maximum Gasteiger partial charge on any atom is 0.321 e. The van der Waals surface area contributed by atoms with Gasteiger partial charge in [-0.1, -0.05) is 6.92 Å². The highest BCUT2D eigenvalue weighted by molar-refractivity contribution is 7.92. The van der Waals surface area contributed by atoms with E-state index in [-0.39, 0.29) is 60.8 Å². The SMILES string of the molecule is C[C@@H]1CCCCO[C@H](CN(C)C(=O)Nc2ccc3c(c2)OCO3)[C@@H](C)CN([C@@H](C)CO)C(=O)c2cc(NS(=O)(=O)c3cn(C)cn3)ccc2O1. The summed E-state index contributed by atoms with van der Waals surface area (Å²) in [6.45, 7) is 6.21. The van der Waals surface area contributed by atoms with E-state index in [0.29, 0.717) is 36.0 Å². The predicted molar refractivity (Wildman–Crippen MR) is 185 cm³/mol. The number of rotatable bonds is 8. The van der Waals surface area contributed by atoms with Crippen molar-refractivity contribution in [2.24, 2.45) is 13.0 Å². The van der Waals surface area contributed by atoms with Crippen molar-refractivity contribution in [1.29, 1.82) is 0 Å². The first-order valence-electron chi connectivity index (χ1n) is 16.6. The van der Waals surface area contributed by atoms with Gasteiger partial charge in [-0.2, -0.15) is 8.42 Å². The molecule has 4 atom stereocenters. The molecule has 3 N–H and O–H groups in total. The Bertz CT molecular complexity index is 1770. The van der Waals surface area contributed by atoms with Gasteiger partial charge >= 0.3 is 6.03 Å². The minimum atomic E-state index is -4.04. The number of fused-ring (bicyclic) bond motifs is 2. The van der Waals surface area contributed by atoms with E-state index in [4.69, 9.17) is 18.9 Å². The average Bonchev–Trinajstić information content (AvgIpc) is 3.75. The fourth-order valence-electron chi connectivity index (χ4n) is 5.73. The molecule has 2 aliphatic rings. The topological polar surface area (TPSA) is 174 Å². The van der Waals surface area contributed by atoms with Crippen molar-refractivity contribution in [2.45, 2.75) is 63.3 Å². The Balaban J connectivity index is 1.38. The number of nitrogens with one attached hydrogen (secondary N) is 2. The summed E-state index contributed by atoms with van der Waals surface area (Å²) in [4.78, 5) is 34.6. The minimum absolute atomic E-state index is 0.126. The first-order valence-corrected chi connectivity index (χ1v) is 18.1. The molecule has 5 rings (SSSR count). The molecule has 1 aromatic heterocycles. The Morgan fingerprint density at radius 2 is 1.84 bits per heavy atom. The summed E-state index contributed by atoms with van der Waals surface area (Å²) in [6.07, 6.45) is 4.26. The molecule has 0 fully saturated rings. The maximum absolute atomic E-state index is 14.4. The minimum Gasteiger partial charge on any atom is -0.490 e. The van der Waals surface area contributed by atoms with Gasteiger partial charge in [0, 0.05) is 63.3 Å². The number of ether oxygens (including phenoxy) is 4. The van der Waals surface area contributed by atoms with Crippen LogP contribution in [0.4, 0.5) is 16.2 Å². The van der Waals surface area contributed by atoms with Crippen LogP contribution in [0.2, 0.25) is 0 Å². The number of urea groups is 1. The predicted octanol–water partition coefficient (Wildman–Crippen LogP) is 3.91. The highest BCUT2D eigenvalue weighted by Crippen LogP contribution is 2.34. The number of carbonyl (C=O) groups is 2. The molecule has 0 saturated carbocycles. The third-order valence-corrected chi connectivity index (χ3v) is 9.95. The Morgan fingerprint density at radius 1 is 1.10 bits per heavy atom. The summed E-state index contributed by atoms with van der Waals surface area (Å²) in [7, 11) is -0.706. The molecule has 0 saturated heterocycles. The third kappa shape index (κ3) is 8.97. The normalized spacial score (nSPS) is 20.6. The van der Waals surface area contributed by atoms with Crippen LogP contribution >= 0.6 is 0 Å². The largest absolute Gasteiger partial charge is 0.490 e. The summed E-state index contributed by atoms with van der Waals surface area (Å²) in [5, 5.41) is 13.0. The summed E-state index contributed by atoms with van der Waals surface area (Å²) in [6, 6.07) is 8.78. The number of carbonyl (C=O) groups excluding carboxylic acids is 2. The quantitative estimate of drug-likeness (QED) is 0.311. The zero-order chi connectivity index (χ0) is 36.0. The molecule has 0 bridgehead atoms. The van der Waals surface area contributed by atoms with Crippen molar-refractivity contribution in [2.75, 3.05) is 50.2 Å². The molecule has 0 radical (unpaired) electrons. The van der Waals surface area contributed by atoms with Crippen LogP contribution in [-0.2, 0) is 21.8 Å². The van der Waals surface area contributed by atoms with E-state index in [9.17, 15) is 23.1 Å². The van der Waals surface area contributed by atoms with Crippen LogP contribution in [0, 0.1) is 5.92 Å². The lowest BCUT2D eigenvalue weighted by Crippen LogP contribution is -2.48. The Kier molecular flexibility index (Phi) is 11.8. The van der Waals surface area contributed by atoms with Crippen molar-refractivity contribution in [3.8, 4) is 17.2 Å². The fourth-order valence-corrected chi connectivity index (χ4v) is 6.76. The van der Waals surface area contributed by atoms with Gasteiger partial charge in [-0.05, 0) is 63.4 Å². The van der Waals surface area contributed by atoms with E-state index in [2.05, 4.69) is 15.0 Å². The Hall–Kier alpha value is -4.54. The van der Waals surface area contributed by atoms with Crippen molar-refractivity contribution in [1.82, 2.24) is 19.4 Å². The fraction of sp³-hybridized carbons (Fsp3) is 0.500. The molecular formula is C34H46N6O9S. The number of anilines is 2. The van der Waals surface area contributed by atoms with Crippen LogP contribution in [0.3, 0.4) is 0 Å². The molecule has 0 aliphatic carbocycles. The number of aryl methyl sites for hydroxylation is 1. The van der Waals surface area contributed by atoms with Crippen molar-refractivity contribution < 1.29 is 42.1 Å². The second kappa shape index (κ2) is 16.0. The summed E-state index contributed by atoms with van der Waals surface area (Å²) in [5.74, 6) is 0.723. The number of likely N-dealkylation sites (N-methyl/N-ethyl adjacent to an activating group) is 1. The smallest absolute Gasteiger partial charge is 0.321 e. The van der Waals surface area contributed by atoms with Crippen molar-refractivity contribution in [3.05, 3.63) is 54.5 Å². The van der Waals surface area contributed by atoms with Gasteiger partial charge in [-0.3, -0.25) is 9.52 Å². The van der Waals surface area contributed by atoms with Crippen molar-refractivity contribution in [3.63, 3.8) is 0 Å². The van der Waals surface area contributed by atoms with Crippen molar-refractivity contribution >= 4 is 33.3 Å².